The number of carbonyl (C=O) groups excluding carboxylic acids is 1. The maximum Gasteiger partial charge on any atom is 0.315 e. The molecule has 0 saturated carbocycles. The highest BCUT2D eigenvalue weighted by Crippen LogP contribution is 2.22. The quantitative estimate of drug-likeness (QED) is 0.785. The van der Waals surface area contributed by atoms with Crippen LogP contribution in [0.25, 0.3) is 0 Å². The number of benzene rings is 1. The minimum Gasteiger partial charge on any atom is -0.466 e. The lowest BCUT2D eigenvalue weighted by atomic mass is 9.96. The van der Waals surface area contributed by atoms with Crippen molar-refractivity contribution in [2.24, 2.45) is 0 Å². The lowest BCUT2D eigenvalue weighted by Gasteiger charge is -2.25. The lowest BCUT2D eigenvalue weighted by Crippen LogP contribution is -2.44. The Morgan fingerprint density at radius 2 is 1.96 bits per heavy atom. The molecule has 2 aromatic rings. The van der Waals surface area contributed by atoms with E-state index in [1.807, 2.05) is 26.8 Å². The van der Waals surface area contributed by atoms with E-state index in [0.717, 1.165) is 17.1 Å². The van der Waals surface area contributed by atoms with Gasteiger partial charge in [0.1, 0.15) is 22.9 Å². The van der Waals surface area contributed by atoms with E-state index in [1.54, 1.807) is 6.92 Å². The summed E-state index contributed by atoms with van der Waals surface area (Å²) in [5.41, 5.74) is 0.141. The Morgan fingerprint density at radius 3 is 2.50 bits per heavy atom. The van der Waals surface area contributed by atoms with Gasteiger partial charge < -0.3 is 20.2 Å². The fourth-order valence-corrected chi connectivity index (χ4v) is 2.57. The number of aryl methyl sites for hydroxylation is 2. The van der Waals surface area contributed by atoms with Gasteiger partial charge in [-0.2, -0.15) is 0 Å². The van der Waals surface area contributed by atoms with Crippen LogP contribution in [0.1, 0.15) is 42.5 Å². The van der Waals surface area contributed by atoms with Gasteiger partial charge in [-0.25, -0.2) is 9.18 Å². The van der Waals surface area contributed by atoms with Crippen molar-refractivity contribution in [1.82, 2.24) is 10.6 Å². The topological polar surface area (TPSA) is 74.5 Å². The van der Waals surface area contributed by atoms with E-state index >= 15 is 0 Å². The maximum atomic E-state index is 13.0. The second kappa shape index (κ2) is 7.05. The smallest absolute Gasteiger partial charge is 0.315 e. The summed E-state index contributed by atoms with van der Waals surface area (Å²) < 4.78 is 18.4. The van der Waals surface area contributed by atoms with Gasteiger partial charge in [0, 0.05) is 5.56 Å². The molecule has 0 aliphatic rings. The molecular formula is C18H23FN2O3. The van der Waals surface area contributed by atoms with E-state index < -0.39 is 11.6 Å². The molecule has 1 aromatic heterocycles. The number of nitrogens with one attached hydrogen (secondary N) is 2. The molecule has 0 spiro atoms. The third-order valence-corrected chi connectivity index (χ3v) is 3.95. The number of halogens is 1. The number of furan rings is 1. The number of hydrogen-bond acceptors (Lipinski definition) is 3. The first-order valence-corrected chi connectivity index (χ1v) is 7.79. The predicted octanol–water partition coefficient (Wildman–Crippen LogP) is 3.30. The highest BCUT2D eigenvalue weighted by atomic mass is 19.1. The molecule has 0 fully saturated rings. The van der Waals surface area contributed by atoms with Crippen molar-refractivity contribution in [3.05, 3.63) is 58.8 Å². The van der Waals surface area contributed by atoms with Gasteiger partial charge in [-0.05, 0) is 51.5 Å². The summed E-state index contributed by atoms with van der Waals surface area (Å²) in [5, 5.41) is 15.9. The summed E-state index contributed by atoms with van der Waals surface area (Å²) in [6.07, 6.45) is 0. The molecule has 3 N–H and O–H groups in total. The molecule has 0 aliphatic carbocycles. The zero-order valence-corrected chi connectivity index (χ0v) is 14.3. The molecule has 2 amide bonds. The van der Waals surface area contributed by atoms with Crippen LogP contribution in [-0.2, 0) is 5.60 Å². The molecular weight excluding hydrogens is 311 g/mol. The van der Waals surface area contributed by atoms with Crippen LogP contribution in [-0.4, -0.2) is 17.7 Å². The first-order chi connectivity index (χ1) is 11.2. The number of carbonyl (C=O) groups is 1. The van der Waals surface area contributed by atoms with Gasteiger partial charge in [-0.15, -0.1) is 0 Å². The van der Waals surface area contributed by atoms with E-state index in [0.29, 0.717) is 5.56 Å². The zero-order chi connectivity index (χ0) is 17.9. The number of urea groups is 1. The highest BCUT2D eigenvalue weighted by molar-refractivity contribution is 5.74. The molecule has 5 nitrogen and oxygen atoms in total. The molecule has 2 unspecified atom stereocenters. The standard InChI is InChI=1S/C18H23FN2O3/c1-11-9-16(13(3)24-11)12(2)21-17(22)20-10-18(4,23)14-5-7-15(19)8-6-14/h5-9,12,23H,10H2,1-4H3,(H2,20,21,22). The van der Waals surface area contributed by atoms with Gasteiger partial charge in [0.05, 0.1) is 12.6 Å². The monoisotopic (exact) mass is 334 g/mol. The minimum absolute atomic E-state index is 0.000578. The van der Waals surface area contributed by atoms with Crippen molar-refractivity contribution < 1.29 is 18.7 Å². The average Bonchev–Trinajstić information content (AvgIpc) is 2.84. The first-order valence-electron chi connectivity index (χ1n) is 7.79. The van der Waals surface area contributed by atoms with E-state index in [1.165, 1.54) is 24.3 Å². The van der Waals surface area contributed by atoms with Crippen LogP contribution in [0, 0.1) is 19.7 Å². The van der Waals surface area contributed by atoms with Crippen LogP contribution in [0.15, 0.2) is 34.7 Å². The van der Waals surface area contributed by atoms with Crippen LogP contribution in [0.5, 0.6) is 0 Å². The predicted molar refractivity (Wildman–Crippen MR) is 89.1 cm³/mol. The van der Waals surface area contributed by atoms with Gasteiger partial charge in [-0.1, -0.05) is 12.1 Å². The van der Waals surface area contributed by atoms with Crippen molar-refractivity contribution in [2.45, 2.75) is 39.3 Å². The van der Waals surface area contributed by atoms with Crippen molar-refractivity contribution in [3.63, 3.8) is 0 Å². The molecule has 2 rings (SSSR count). The Morgan fingerprint density at radius 1 is 1.33 bits per heavy atom. The fourth-order valence-electron chi connectivity index (χ4n) is 2.57. The average molecular weight is 334 g/mol. The molecule has 0 bridgehead atoms. The van der Waals surface area contributed by atoms with Gasteiger partial charge in [0.25, 0.3) is 0 Å². The summed E-state index contributed by atoms with van der Waals surface area (Å²) in [5.74, 6) is 1.18. The minimum atomic E-state index is -1.30. The normalized spacial score (nSPS) is 14.8. The summed E-state index contributed by atoms with van der Waals surface area (Å²) in [6, 6.07) is 6.80. The maximum absolute atomic E-state index is 13.0. The SMILES string of the molecule is Cc1cc(C(C)NC(=O)NCC(C)(O)c2ccc(F)cc2)c(C)o1. The molecule has 24 heavy (non-hydrogen) atoms. The number of aliphatic hydroxyl groups is 1. The number of hydrogen-bond donors (Lipinski definition) is 3. The van der Waals surface area contributed by atoms with Crippen LogP contribution in [0.2, 0.25) is 0 Å². The molecule has 0 aliphatic heterocycles. The van der Waals surface area contributed by atoms with E-state index in [4.69, 9.17) is 4.42 Å². The van der Waals surface area contributed by atoms with Crippen molar-refractivity contribution in [1.29, 1.82) is 0 Å². The third-order valence-electron chi connectivity index (χ3n) is 3.95. The Bertz CT molecular complexity index is 708. The summed E-state index contributed by atoms with van der Waals surface area (Å²) in [4.78, 5) is 12.1. The van der Waals surface area contributed by atoms with Crippen molar-refractivity contribution in [2.75, 3.05) is 6.54 Å². The van der Waals surface area contributed by atoms with Crippen LogP contribution in [0.3, 0.4) is 0 Å². The lowest BCUT2D eigenvalue weighted by molar-refractivity contribution is 0.0592. The van der Waals surface area contributed by atoms with Gasteiger partial charge in [0.2, 0.25) is 0 Å². The molecule has 1 aromatic carbocycles. The summed E-state index contributed by atoms with van der Waals surface area (Å²) in [6.45, 7) is 7.12. The summed E-state index contributed by atoms with van der Waals surface area (Å²) >= 11 is 0. The second-order valence-corrected chi connectivity index (χ2v) is 6.20. The van der Waals surface area contributed by atoms with E-state index in [9.17, 15) is 14.3 Å². The van der Waals surface area contributed by atoms with Crippen molar-refractivity contribution >= 4 is 6.03 Å². The fraction of sp³-hybridized carbons (Fsp3) is 0.389. The molecule has 6 heteroatoms. The molecule has 0 saturated heterocycles. The Hall–Kier alpha value is -2.34. The largest absolute Gasteiger partial charge is 0.466 e. The molecule has 130 valence electrons. The zero-order valence-electron chi connectivity index (χ0n) is 14.3. The van der Waals surface area contributed by atoms with Gasteiger partial charge in [-0.3, -0.25) is 0 Å². The van der Waals surface area contributed by atoms with Gasteiger partial charge >= 0.3 is 6.03 Å². The third kappa shape index (κ3) is 4.35. The first kappa shape index (κ1) is 18.0. The van der Waals surface area contributed by atoms with Crippen LogP contribution in [0.4, 0.5) is 9.18 Å². The highest BCUT2D eigenvalue weighted by Gasteiger charge is 2.24. The summed E-state index contributed by atoms with van der Waals surface area (Å²) in [7, 11) is 0. The molecule has 0 radical (unpaired) electrons. The van der Waals surface area contributed by atoms with Crippen LogP contribution < -0.4 is 10.6 Å². The molecule has 2 atom stereocenters. The second-order valence-electron chi connectivity index (χ2n) is 6.20. The van der Waals surface area contributed by atoms with Crippen molar-refractivity contribution in [3.8, 4) is 0 Å². The van der Waals surface area contributed by atoms with E-state index in [-0.39, 0.29) is 18.4 Å². The number of rotatable bonds is 5. The number of amides is 2. The Balaban J connectivity index is 1.92. The molecule has 1 heterocycles. The van der Waals surface area contributed by atoms with E-state index in [2.05, 4.69) is 10.6 Å². The van der Waals surface area contributed by atoms with Gasteiger partial charge in [0.15, 0.2) is 0 Å². The Kier molecular flexibility index (Phi) is 5.29. The Labute approximate surface area is 140 Å². The van der Waals surface area contributed by atoms with Crippen LogP contribution >= 0.6 is 0 Å².